The molecule has 0 atom stereocenters. The Bertz CT molecular complexity index is 331. The highest BCUT2D eigenvalue weighted by atomic mass is 16.5. The zero-order chi connectivity index (χ0) is 13.3. The SMILES string of the molecule is C=C/C=C\C=C(/C=C)OC(=O)C(C)(CC)CC. The molecule has 0 aromatic rings. The van der Waals surface area contributed by atoms with E-state index in [0.29, 0.717) is 5.76 Å². The van der Waals surface area contributed by atoms with E-state index in [-0.39, 0.29) is 5.97 Å². The second-order valence-electron chi connectivity index (χ2n) is 4.05. The molecular weight excluding hydrogens is 212 g/mol. The van der Waals surface area contributed by atoms with E-state index in [9.17, 15) is 4.79 Å². The quantitative estimate of drug-likeness (QED) is 0.375. The lowest BCUT2D eigenvalue weighted by atomic mass is 9.85. The van der Waals surface area contributed by atoms with Gasteiger partial charge in [-0.2, -0.15) is 0 Å². The first kappa shape index (κ1) is 15.4. The molecule has 17 heavy (non-hydrogen) atoms. The Morgan fingerprint density at radius 1 is 1.24 bits per heavy atom. The van der Waals surface area contributed by atoms with E-state index >= 15 is 0 Å². The van der Waals surface area contributed by atoms with Crippen molar-refractivity contribution in [2.45, 2.75) is 33.6 Å². The minimum absolute atomic E-state index is 0.208. The third kappa shape index (κ3) is 4.85. The first-order valence-electron chi connectivity index (χ1n) is 5.88. The zero-order valence-corrected chi connectivity index (χ0v) is 11.0. The number of allylic oxidation sites excluding steroid dienone is 5. The molecule has 0 spiro atoms. The molecular formula is C15H22O2. The molecule has 2 heteroatoms. The highest BCUT2D eigenvalue weighted by Crippen LogP contribution is 2.28. The lowest BCUT2D eigenvalue weighted by Crippen LogP contribution is -2.28. The van der Waals surface area contributed by atoms with E-state index in [0.717, 1.165) is 12.8 Å². The van der Waals surface area contributed by atoms with Gasteiger partial charge in [0.2, 0.25) is 0 Å². The van der Waals surface area contributed by atoms with Gasteiger partial charge in [0.1, 0.15) is 5.76 Å². The molecule has 0 N–H and O–H groups in total. The Labute approximate surface area is 104 Å². The van der Waals surface area contributed by atoms with Crippen LogP contribution in [0.25, 0.3) is 0 Å². The summed E-state index contributed by atoms with van der Waals surface area (Å²) in [7, 11) is 0. The van der Waals surface area contributed by atoms with Crippen LogP contribution in [0.3, 0.4) is 0 Å². The van der Waals surface area contributed by atoms with Crippen molar-refractivity contribution in [2.24, 2.45) is 5.41 Å². The van der Waals surface area contributed by atoms with E-state index in [2.05, 4.69) is 13.2 Å². The van der Waals surface area contributed by atoms with Crippen LogP contribution in [-0.2, 0) is 9.53 Å². The Kier molecular flexibility index (Phi) is 6.95. The van der Waals surface area contributed by atoms with Gasteiger partial charge in [-0.05, 0) is 31.9 Å². The van der Waals surface area contributed by atoms with Crippen LogP contribution in [0, 0.1) is 5.41 Å². The summed E-state index contributed by atoms with van der Waals surface area (Å²) in [6, 6.07) is 0. The molecule has 0 radical (unpaired) electrons. The summed E-state index contributed by atoms with van der Waals surface area (Å²) in [4.78, 5) is 12.0. The van der Waals surface area contributed by atoms with Gasteiger partial charge in [0, 0.05) is 0 Å². The van der Waals surface area contributed by atoms with Crippen molar-refractivity contribution in [2.75, 3.05) is 0 Å². The average molecular weight is 234 g/mol. The first-order chi connectivity index (χ1) is 8.03. The number of carbonyl (C=O) groups is 1. The van der Waals surface area contributed by atoms with E-state index in [1.165, 1.54) is 6.08 Å². The van der Waals surface area contributed by atoms with Crippen molar-refractivity contribution < 1.29 is 9.53 Å². The van der Waals surface area contributed by atoms with Crippen molar-refractivity contribution >= 4 is 5.97 Å². The van der Waals surface area contributed by atoms with Crippen LogP contribution in [0.15, 0.2) is 49.3 Å². The molecule has 0 saturated heterocycles. The summed E-state index contributed by atoms with van der Waals surface area (Å²) in [6.07, 6.45) is 9.91. The normalized spacial score (nSPS) is 12.5. The van der Waals surface area contributed by atoms with Crippen molar-refractivity contribution in [3.05, 3.63) is 49.3 Å². The third-order valence-electron chi connectivity index (χ3n) is 2.97. The number of rotatable bonds is 7. The summed E-state index contributed by atoms with van der Waals surface area (Å²) in [5.74, 6) is 0.252. The van der Waals surface area contributed by atoms with Crippen molar-refractivity contribution in [1.82, 2.24) is 0 Å². The maximum atomic E-state index is 12.0. The van der Waals surface area contributed by atoms with Gasteiger partial charge >= 0.3 is 5.97 Å². The third-order valence-corrected chi connectivity index (χ3v) is 2.97. The second-order valence-corrected chi connectivity index (χ2v) is 4.05. The van der Waals surface area contributed by atoms with Gasteiger partial charge in [-0.15, -0.1) is 0 Å². The minimum Gasteiger partial charge on any atom is -0.426 e. The predicted molar refractivity (Wildman–Crippen MR) is 72.4 cm³/mol. The van der Waals surface area contributed by atoms with Gasteiger partial charge in [0.15, 0.2) is 0 Å². The topological polar surface area (TPSA) is 26.3 Å². The first-order valence-corrected chi connectivity index (χ1v) is 5.88. The molecule has 0 unspecified atom stereocenters. The van der Waals surface area contributed by atoms with E-state index in [1.807, 2.05) is 20.8 Å². The Morgan fingerprint density at radius 2 is 1.82 bits per heavy atom. The molecule has 0 saturated carbocycles. The average Bonchev–Trinajstić information content (AvgIpc) is 2.36. The summed E-state index contributed by atoms with van der Waals surface area (Å²) < 4.78 is 5.31. The standard InChI is InChI=1S/C15H22O2/c1-6-10-11-12-13(7-2)17-14(16)15(5,8-3)9-4/h6-7,10-12H,1-2,8-9H2,3-5H3/b11-10-,13-12+. The molecule has 0 aromatic heterocycles. The van der Waals surface area contributed by atoms with Crippen LogP contribution in [0.2, 0.25) is 0 Å². The summed E-state index contributed by atoms with van der Waals surface area (Å²) >= 11 is 0. The Hall–Kier alpha value is -1.57. The maximum Gasteiger partial charge on any atom is 0.317 e. The molecule has 0 amide bonds. The van der Waals surface area contributed by atoms with Crippen molar-refractivity contribution in [1.29, 1.82) is 0 Å². The molecule has 0 aliphatic rings. The highest BCUT2D eigenvalue weighted by molar-refractivity contribution is 5.77. The lowest BCUT2D eigenvalue weighted by molar-refractivity contribution is -0.150. The van der Waals surface area contributed by atoms with Crippen LogP contribution in [0.1, 0.15) is 33.6 Å². The zero-order valence-electron chi connectivity index (χ0n) is 11.0. The lowest BCUT2D eigenvalue weighted by Gasteiger charge is -2.23. The monoisotopic (exact) mass is 234 g/mol. The van der Waals surface area contributed by atoms with Gasteiger partial charge in [0.05, 0.1) is 5.41 Å². The van der Waals surface area contributed by atoms with E-state index in [1.54, 1.807) is 24.3 Å². The molecule has 94 valence electrons. The van der Waals surface area contributed by atoms with Crippen LogP contribution in [-0.4, -0.2) is 5.97 Å². The molecule has 0 aliphatic carbocycles. The Balaban J connectivity index is 4.74. The van der Waals surface area contributed by atoms with Crippen molar-refractivity contribution in [3.8, 4) is 0 Å². The highest BCUT2D eigenvalue weighted by Gasteiger charge is 2.31. The predicted octanol–water partition coefficient (Wildman–Crippen LogP) is 4.17. The molecule has 0 aliphatic heterocycles. The molecule has 0 heterocycles. The summed E-state index contributed by atoms with van der Waals surface area (Å²) in [5, 5.41) is 0. The Morgan fingerprint density at radius 3 is 2.24 bits per heavy atom. The fraction of sp³-hybridized carbons (Fsp3) is 0.400. The maximum absolute atomic E-state index is 12.0. The van der Waals surface area contributed by atoms with Gasteiger partial charge in [0.25, 0.3) is 0 Å². The number of esters is 1. The molecule has 0 bridgehead atoms. The number of ether oxygens (including phenoxy) is 1. The largest absolute Gasteiger partial charge is 0.426 e. The van der Waals surface area contributed by atoms with Crippen LogP contribution in [0.4, 0.5) is 0 Å². The van der Waals surface area contributed by atoms with E-state index in [4.69, 9.17) is 4.74 Å². The number of hydrogen-bond acceptors (Lipinski definition) is 2. The van der Waals surface area contributed by atoms with Crippen LogP contribution >= 0.6 is 0 Å². The molecule has 0 fully saturated rings. The van der Waals surface area contributed by atoms with E-state index < -0.39 is 5.41 Å². The summed E-state index contributed by atoms with van der Waals surface area (Å²) in [5.41, 5.74) is -0.426. The molecule has 2 nitrogen and oxygen atoms in total. The second kappa shape index (κ2) is 7.66. The smallest absolute Gasteiger partial charge is 0.317 e. The number of carbonyl (C=O) groups excluding carboxylic acids is 1. The van der Waals surface area contributed by atoms with Gasteiger partial charge in [-0.25, -0.2) is 0 Å². The molecule has 0 aromatic carbocycles. The fourth-order valence-corrected chi connectivity index (χ4v) is 1.14. The number of hydrogen-bond donors (Lipinski definition) is 0. The van der Waals surface area contributed by atoms with Crippen molar-refractivity contribution in [3.63, 3.8) is 0 Å². The minimum atomic E-state index is -0.426. The van der Waals surface area contributed by atoms with Crippen LogP contribution < -0.4 is 0 Å². The van der Waals surface area contributed by atoms with Gasteiger partial charge in [-0.1, -0.05) is 45.2 Å². The van der Waals surface area contributed by atoms with Crippen LogP contribution in [0.5, 0.6) is 0 Å². The summed E-state index contributed by atoms with van der Waals surface area (Å²) in [6.45, 7) is 13.1. The fourth-order valence-electron chi connectivity index (χ4n) is 1.14. The van der Waals surface area contributed by atoms with Gasteiger partial charge in [-0.3, -0.25) is 4.79 Å². The van der Waals surface area contributed by atoms with Gasteiger partial charge < -0.3 is 4.74 Å². The molecule has 0 rings (SSSR count).